The van der Waals surface area contributed by atoms with E-state index < -0.39 is 0 Å². The summed E-state index contributed by atoms with van der Waals surface area (Å²) in [5, 5.41) is 2.92. The molecule has 0 heterocycles. The molecule has 1 rings (SSSR count). The maximum atomic E-state index is 11.8. The molecule has 5 heteroatoms. The molecule has 1 aromatic rings. The molecular weight excluding hydrogens is 282 g/mol. The first kappa shape index (κ1) is 18.0. The Morgan fingerprint density at radius 3 is 2.55 bits per heavy atom. The lowest BCUT2D eigenvalue weighted by molar-refractivity contribution is -0.117. The first-order chi connectivity index (χ1) is 10.5. The number of rotatable bonds is 8. The number of carbonyl (C=O) groups is 1. The van der Waals surface area contributed by atoms with Gasteiger partial charge in [-0.05, 0) is 38.5 Å². The van der Waals surface area contributed by atoms with Crippen molar-refractivity contribution in [1.29, 1.82) is 0 Å². The van der Waals surface area contributed by atoms with Crippen LogP contribution in [0.15, 0.2) is 29.8 Å². The van der Waals surface area contributed by atoms with Gasteiger partial charge in [-0.3, -0.25) is 4.79 Å². The molecule has 1 aromatic carbocycles. The molecule has 0 spiro atoms. The van der Waals surface area contributed by atoms with Crippen LogP contribution in [0.25, 0.3) is 0 Å². The molecule has 0 fully saturated rings. The van der Waals surface area contributed by atoms with E-state index in [1.54, 1.807) is 20.3 Å². The highest BCUT2D eigenvalue weighted by Gasteiger charge is 2.12. The minimum atomic E-state index is -0.120. The van der Waals surface area contributed by atoms with Crippen molar-refractivity contribution in [3.05, 3.63) is 35.4 Å². The molecule has 0 aliphatic carbocycles. The maximum absolute atomic E-state index is 11.8. The van der Waals surface area contributed by atoms with E-state index in [0.717, 1.165) is 11.1 Å². The molecule has 0 aliphatic rings. The Balaban J connectivity index is 2.79. The van der Waals surface area contributed by atoms with Gasteiger partial charge in [0.05, 0.1) is 19.8 Å². The molecule has 0 radical (unpaired) electrons. The summed E-state index contributed by atoms with van der Waals surface area (Å²) in [5.74, 6) is 1.19. The molecule has 0 aliphatic heterocycles. The number of hydrogen-bond donors (Lipinski definition) is 1. The standard InChI is InChI=1S/C17H25NO4/c1-12(2)10-17(19)18-13(3)14-6-7-15(16(11-14)21-5)22-9-8-20-4/h6-7,10-11,13H,8-9H2,1-5H3,(H,18,19)/t13-/m0/s1. The molecule has 0 unspecified atom stereocenters. The number of hydrogen-bond acceptors (Lipinski definition) is 4. The molecule has 22 heavy (non-hydrogen) atoms. The van der Waals surface area contributed by atoms with E-state index in [9.17, 15) is 4.79 Å². The van der Waals surface area contributed by atoms with E-state index in [4.69, 9.17) is 14.2 Å². The number of benzene rings is 1. The largest absolute Gasteiger partial charge is 0.493 e. The van der Waals surface area contributed by atoms with Gasteiger partial charge in [0, 0.05) is 13.2 Å². The molecule has 5 nitrogen and oxygen atoms in total. The van der Waals surface area contributed by atoms with Gasteiger partial charge in [-0.2, -0.15) is 0 Å². The minimum Gasteiger partial charge on any atom is -0.493 e. The first-order valence-corrected chi connectivity index (χ1v) is 7.23. The zero-order chi connectivity index (χ0) is 16.5. The van der Waals surface area contributed by atoms with Gasteiger partial charge in [0.1, 0.15) is 6.61 Å². The fraction of sp³-hybridized carbons (Fsp3) is 0.471. The summed E-state index contributed by atoms with van der Waals surface area (Å²) in [7, 11) is 3.22. The molecule has 1 N–H and O–H groups in total. The number of allylic oxidation sites excluding steroid dienone is 1. The van der Waals surface area contributed by atoms with Gasteiger partial charge in [0.2, 0.25) is 5.91 Å². The van der Waals surface area contributed by atoms with E-state index in [-0.39, 0.29) is 11.9 Å². The molecule has 0 saturated carbocycles. The highest BCUT2D eigenvalue weighted by molar-refractivity contribution is 5.88. The van der Waals surface area contributed by atoms with Gasteiger partial charge in [0.15, 0.2) is 11.5 Å². The third-order valence-electron chi connectivity index (χ3n) is 3.01. The molecule has 122 valence electrons. The van der Waals surface area contributed by atoms with Gasteiger partial charge >= 0.3 is 0 Å². The van der Waals surface area contributed by atoms with Crippen LogP contribution in [-0.4, -0.2) is 33.3 Å². The Morgan fingerprint density at radius 1 is 1.23 bits per heavy atom. The highest BCUT2D eigenvalue weighted by Crippen LogP contribution is 2.30. The predicted octanol–water partition coefficient (Wildman–Crippen LogP) is 2.86. The summed E-state index contributed by atoms with van der Waals surface area (Å²) >= 11 is 0. The van der Waals surface area contributed by atoms with Crippen molar-refractivity contribution < 1.29 is 19.0 Å². The van der Waals surface area contributed by atoms with Crippen LogP contribution in [0.5, 0.6) is 11.5 Å². The minimum absolute atomic E-state index is 0.105. The molecule has 0 saturated heterocycles. The van der Waals surface area contributed by atoms with Crippen LogP contribution in [-0.2, 0) is 9.53 Å². The predicted molar refractivity (Wildman–Crippen MR) is 86.4 cm³/mol. The summed E-state index contributed by atoms with van der Waals surface area (Å²) in [4.78, 5) is 11.8. The van der Waals surface area contributed by atoms with E-state index in [1.165, 1.54) is 0 Å². The molecule has 0 bridgehead atoms. The molecule has 1 amide bonds. The Bertz CT molecular complexity index is 521. The normalized spacial score (nSPS) is 11.5. The Hall–Kier alpha value is -2.01. The zero-order valence-electron chi connectivity index (χ0n) is 13.9. The zero-order valence-corrected chi connectivity index (χ0v) is 13.9. The van der Waals surface area contributed by atoms with Crippen LogP contribution in [0.4, 0.5) is 0 Å². The van der Waals surface area contributed by atoms with E-state index in [0.29, 0.717) is 24.7 Å². The van der Waals surface area contributed by atoms with Crippen molar-refractivity contribution >= 4 is 5.91 Å². The van der Waals surface area contributed by atoms with Crippen molar-refractivity contribution in [3.63, 3.8) is 0 Å². The summed E-state index contributed by atoms with van der Waals surface area (Å²) < 4.78 is 15.9. The molecule has 0 aromatic heterocycles. The van der Waals surface area contributed by atoms with Gasteiger partial charge in [-0.1, -0.05) is 11.6 Å². The lowest BCUT2D eigenvalue weighted by Gasteiger charge is -2.16. The number of carbonyl (C=O) groups excluding carboxylic acids is 1. The Labute approximate surface area is 132 Å². The van der Waals surface area contributed by atoms with Crippen molar-refractivity contribution in [1.82, 2.24) is 5.32 Å². The fourth-order valence-corrected chi connectivity index (χ4v) is 1.91. The summed E-state index contributed by atoms with van der Waals surface area (Å²) in [6, 6.07) is 5.51. The smallest absolute Gasteiger partial charge is 0.244 e. The second-order valence-corrected chi connectivity index (χ2v) is 5.20. The van der Waals surface area contributed by atoms with E-state index in [1.807, 2.05) is 39.0 Å². The number of nitrogens with one attached hydrogen (secondary N) is 1. The molecular formula is C17H25NO4. The topological polar surface area (TPSA) is 56.8 Å². The van der Waals surface area contributed by atoms with Crippen molar-refractivity contribution in [2.75, 3.05) is 27.4 Å². The lowest BCUT2D eigenvalue weighted by atomic mass is 10.1. The van der Waals surface area contributed by atoms with Crippen LogP contribution in [0.1, 0.15) is 32.4 Å². The van der Waals surface area contributed by atoms with Crippen LogP contribution >= 0.6 is 0 Å². The van der Waals surface area contributed by atoms with Crippen molar-refractivity contribution in [3.8, 4) is 11.5 Å². The Morgan fingerprint density at radius 2 is 1.95 bits per heavy atom. The van der Waals surface area contributed by atoms with Gasteiger partial charge in [0.25, 0.3) is 0 Å². The quantitative estimate of drug-likeness (QED) is 0.593. The van der Waals surface area contributed by atoms with Crippen molar-refractivity contribution in [2.45, 2.75) is 26.8 Å². The van der Waals surface area contributed by atoms with Gasteiger partial charge in [-0.15, -0.1) is 0 Å². The first-order valence-electron chi connectivity index (χ1n) is 7.23. The van der Waals surface area contributed by atoms with Crippen LogP contribution in [0, 0.1) is 0 Å². The molecule has 1 atom stereocenters. The average molecular weight is 307 g/mol. The maximum Gasteiger partial charge on any atom is 0.244 e. The summed E-state index contributed by atoms with van der Waals surface area (Å²) in [6.07, 6.45) is 1.58. The van der Waals surface area contributed by atoms with E-state index in [2.05, 4.69) is 5.32 Å². The number of ether oxygens (including phenoxy) is 3. The third-order valence-corrected chi connectivity index (χ3v) is 3.01. The average Bonchev–Trinajstić information content (AvgIpc) is 2.46. The number of methoxy groups -OCH3 is 2. The Kier molecular flexibility index (Phi) is 7.46. The van der Waals surface area contributed by atoms with Gasteiger partial charge in [-0.25, -0.2) is 0 Å². The monoisotopic (exact) mass is 307 g/mol. The van der Waals surface area contributed by atoms with Crippen LogP contribution < -0.4 is 14.8 Å². The highest BCUT2D eigenvalue weighted by atomic mass is 16.5. The van der Waals surface area contributed by atoms with E-state index >= 15 is 0 Å². The second-order valence-electron chi connectivity index (χ2n) is 5.20. The second kappa shape index (κ2) is 9.10. The van der Waals surface area contributed by atoms with Crippen LogP contribution in [0.2, 0.25) is 0 Å². The third kappa shape index (κ3) is 5.77. The number of amides is 1. The SMILES string of the molecule is COCCOc1ccc([C@H](C)NC(=O)C=C(C)C)cc1OC. The lowest BCUT2D eigenvalue weighted by Crippen LogP contribution is -2.24. The summed E-state index contributed by atoms with van der Waals surface area (Å²) in [6.45, 7) is 6.68. The van der Waals surface area contributed by atoms with Crippen molar-refractivity contribution in [2.24, 2.45) is 0 Å². The van der Waals surface area contributed by atoms with Crippen LogP contribution in [0.3, 0.4) is 0 Å². The summed E-state index contributed by atoms with van der Waals surface area (Å²) in [5.41, 5.74) is 1.91. The van der Waals surface area contributed by atoms with Gasteiger partial charge < -0.3 is 19.5 Å². The fourth-order valence-electron chi connectivity index (χ4n) is 1.91.